The number of ether oxygens (including phenoxy) is 4. The third kappa shape index (κ3) is 7.44. The van der Waals surface area contributed by atoms with Crippen molar-refractivity contribution in [3.8, 4) is 0 Å². The molecule has 0 aromatic rings. The maximum atomic E-state index is 9.08. The summed E-state index contributed by atoms with van der Waals surface area (Å²) in [6.45, 7) is 2.03. The minimum atomic E-state index is -0.00449. The number of rotatable bonds is 12. The van der Waals surface area contributed by atoms with Gasteiger partial charge in [-0.3, -0.25) is 0 Å². The minimum absolute atomic E-state index is 0.00449. The number of fused-ring (bicyclic) bond motifs is 1. The molecule has 0 spiro atoms. The first-order chi connectivity index (χ1) is 17.8. The summed E-state index contributed by atoms with van der Waals surface area (Å²) >= 11 is 0. The Morgan fingerprint density at radius 1 is 0.889 bits per heavy atom. The highest BCUT2D eigenvalue weighted by atomic mass is 16.7. The van der Waals surface area contributed by atoms with Gasteiger partial charge in [-0.15, -0.1) is 0 Å². The van der Waals surface area contributed by atoms with Gasteiger partial charge in [-0.2, -0.15) is 0 Å². The molecule has 0 aromatic heterocycles. The zero-order valence-corrected chi connectivity index (χ0v) is 22.4. The normalized spacial score (nSPS) is 39.1. The molecule has 4 fully saturated rings. The minimum Gasteiger partial charge on any atom is -0.396 e. The van der Waals surface area contributed by atoms with Gasteiger partial charge in [0, 0.05) is 25.7 Å². The summed E-state index contributed by atoms with van der Waals surface area (Å²) in [5.74, 6) is 2.57. The lowest BCUT2D eigenvalue weighted by Crippen LogP contribution is -2.30. The van der Waals surface area contributed by atoms with E-state index < -0.39 is 0 Å². The van der Waals surface area contributed by atoms with Gasteiger partial charge in [0.15, 0.2) is 12.6 Å². The number of hydrogen-bond acceptors (Lipinski definition) is 5. The molecule has 0 radical (unpaired) electrons. The van der Waals surface area contributed by atoms with Crippen molar-refractivity contribution in [2.75, 3.05) is 19.8 Å². The van der Waals surface area contributed by atoms with Crippen LogP contribution in [-0.2, 0) is 18.9 Å². The summed E-state index contributed by atoms with van der Waals surface area (Å²) in [5.41, 5.74) is 1.65. The molecule has 0 bridgehead atoms. The molecule has 2 saturated heterocycles. The molecular weight excluding hydrogens is 452 g/mol. The first kappa shape index (κ1) is 26.9. The molecule has 8 atom stereocenters. The Labute approximate surface area is 219 Å². The molecular formula is C31H50O5. The van der Waals surface area contributed by atoms with E-state index in [4.69, 9.17) is 24.1 Å². The number of hydrogen-bond donors (Lipinski definition) is 1. The van der Waals surface area contributed by atoms with Gasteiger partial charge < -0.3 is 24.1 Å². The molecule has 5 rings (SSSR count). The largest absolute Gasteiger partial charge is 0.396 e. The molecule has 3 aliphatic carbocycles. The Balaban J connectivity index is 1.13. The lowest BCUT2D eigenvalue weighted by atomic mass is 9.88. The van der Waals surface area contributed by atoms with Crippen LogP contribution < -0.4 is 0 Å². The van der Waals surface area contributed by atoms with Crippen LogP contribution in [0.25, 0.3) is 0 Å². The number of allylic oxidation sites excluding steroid dienone is 3. The lowest BCUT2D eigenvalue weighted by molar-refractivity contribution is -0.192. The summed E-state index contributed by atoms with van der Waals surface area (Å²) < 4.78 is 24.7. The van der Waals surface area contributed by atoms with E-state index in [1.807, 2.05) is 0 Å². The van der Waals surface area contributed by atoms with Crippen molar-refractivity contribution < 1.29 is 24.1 Å². The molecule has 3 unspecified atom stereocenters. The van der Waals surface area contributed by atoms with Gasteiger partial charge in [0.1, 0.15) is 0 Å². The zero-order chi connectivity index (χ0) is 24.6. The van der Waals surface area contributed by atoms with Crippen LogP contribution >= 0.6 is 0 Å². The molecule has 0 amide bonds. The summed E-state index contributed by atoms with van der Waals surface area (Å²) in [7, 11) is 0. The topological polar surface area (TPSA) is 57.2 Å². The quantitative estimate of drug-likeness (QED) is 0.238. The summed E-state index contributed by atoms with van der Waals surface area (Å²) in [5, 5.41) is 9.08. The fourth-order valence-corrected chi connectivity index (χ4v) is 7.39. The molecule has 5 nitrogen and oxygen atoms in total. The maximum absolute atomic E-state index is 9.08. The molecule has 36 heavy (non-hydrogen) atoms. The third-order valence-electron chi connectivity index (χ3n) is 9.35. The molecule has 1 N–H and O–H groups in total. The lowest BCUT2D eigenvalue weighted by Gasteiger charge is -2.29. The smallest absolute Gasteiger partial charge is 0.157 e. The Morgan fingerprint density at radius 3 is 2.44 bits per heavy atom. The average molecular weight is 503 g/mol. The van der Waals surface area contributed by atoms with Gasteiger partial charge in [-0.1, -0.05) is 30.2 Å². The standard InChI is InChI=1S/C31H50O5/c32-16-5-1-2-9-24-19-25-22-29(36-31-13-4-7-18-34-31)27(28(25)21-24)11-8-10-23-14-15-26(20-23)35-30-12-3-6-17-33-30/h8,11,19,23,25-32H,1-7,9-10,12-18,20-22H2/t23?,25-,26+,27+,28-,29+,30?,31?/m1/s1. The van der Waals surface area contributed by atoms with Crippen LogP contribution in [0.3, 0.4) is 0 Å². The Bertz CT molecular complexity index is 708. The highest BCUT2D eigenvalue weighted by Crippen LogP contribution is 2.50. The van der Waals surface area contributed by atoms with Crippen molar-refractivity contribution in [3.05, 3.63) is 23.8 Å². The van der Waals surface area contributed by atoms with Crippen molar-refractivity contribution in [2.45, 2.75) is 128 Å². The fraction of sp³-hybridized carbons (Fsp3) is 0.871. The van der Waals surface area contributed by atoms with Crippen LogP contribution in [0, 0.1) is 23.7 Å². The summed E-state index contributed by atoms with van der Waals surface area (Å²) in [6.07, 6.45) is 26.9. The zero-order valence-electron chi connectivity index (χ0n) is 22.4. The second kappa shape index (κ2) is 13.9. The average Bonchev–Trinajstić information content (AvgIpc) is 3.59. The van der Waals surface area contributed by atoms with Crippen LogP contribution in [0.2, 0.25) is 0 Å². The number of aliphatic hydroxyl groups is 1. The van der Waals surface area contributed by atoms with Gasteiger partial charge in [-0.25, -0.2) is 0 Å². The van der Waals surface area contributed by atoms with E-state index in [1.165, 1.54) is 64.2 Å². The molecule has 204 valence electrons. The van der Waals surface area contributed by atoms with Crippen LogP contribution in [0.15, 0.2) is 23.8 Å². The van der Waals surface area contributed by atoms with Gasteiger partial charge in [0.2, 0.25) is 0 Å². The van der Waals surface area contributed by atoms with E-state index in [0.717, 1.165) is 57.7 Å². The Morgan fingerprint density at radius 2 is 1.69 bits per heavy atom. The second-order valence-electron chi connectivity index (χ2n) is 12.1. The van der Waals surface area contributed by atoms with Crippen molar-refractivity contribution in [1.82, 2.24) is 0 Å². The highest BCUT2D eigenvalue weighted by molar-refractivity contribution is 5.21. The van der Waals surface area contributed by atoms with E-state index >= 15 is 0 Å². The van der Waals surface area contributed by atoms with E-state index in [2.05, 4.69) is 18.2 Å². The van der Waals surface area contributed by atoms with E-state index in [0.29, 0.717) is 30.5 Å². The van der Waals surface area contributed by atoms with Gasteiger partial charge in [0.05, 0.1) is 12.2 Å². The van der Waals surface area contributed by atoms with Crippen molar-refractivity contribution in [3.63, 3.8) is 0 Å². The first-order valence-electron chi connectivity index (χ1n) is 15.3. The third-order valence-corrected chi connectivity index (χ3v) is 9.35. The SMILES string of the molecule is OCCCCCC1=C[C@@H]2C[C@H](OC3CCCCO3)[C@@H](C=CCC3CC[C@H](OC4CCCCO4)C3)[C@@H]2C1. The van der Waals surface area contributed by atoms with Crippen molar-refractivity contribution in [2.24, 2.45) is 23.7 Å². The number of unbranched alkanes of at least 4 members (excludes halogenated alkanes) is 2. The Kier molecular flexibility index (Phi) is 10.4. The summed E-state index contributed by atoms with van der Waals surface area (Å²) in [4.78, 5) is 0. The van der Waals surface area contributed by atoms with Gasteiger partial charge >= 0.3 is 0 Å². The van der Waals surface area contributed by atoms with Crippen LogP contribution in [0.4, 0.5) is 0 Å². The van der Waals surface area contributed by atoms with Gasteiger partial charge in [0.25, 0.3) is 0 Å². The van der Waals surface area contributed by atoms with Gasteiger partial charge in [-0.05, 0) is 114 Å². The molecule has 0 aromatic carbocycles. The predicted octanol–water partition coefficient (Wildman–Crippen LogP) is 6.69. The second-order valence-corrected chi connectivity index (χ2v) is 12.1. The monoisotopic (exact) mass is 502 g/mol. The first-order valence-corrected chi connectivity index (χ1v) is 15.3. The molecule has 5 heteroatoms. The van der Waals surface area contributed by atoms with Crippen molar-refractivity contribution >= 4 is 0 Å². The molecule has 2 aliphatic heterocycles. The molecule has 2 heterocycles. The maximum Gasteiger partial charge on any atom is 0.157 e. The van der Waals surface area contributed by atoms with Crippen LogP contribution in [0.1, 0.15) is 103 Å². The molecule has 5 aliphatic rings. The summed E-state index contributed by atoms with van der Waals surface area (Å²) in [6, 6.07) is 0. The van der Waals surface area contributed by atoms with E-state index in [1.54, 1.807) is 5.57 Å². The van der Waals surface area contributed by atoms with Crippen LogP contribution in [0.5, 0.6) is 0 Å². The van der Waals surface area contributed by atoms with Crippen LogP contribution in [-0.4, -0.2) is 49.7 Å². The highest BCUT2D eigenvalue weighted by Gasteiger charge is 2.45. The molecule has 2 saturated carbocycles. The van der Waals surface area contributed by atoms with E-state index in [9.17, 15) is 0 Å². The predicted molar refractivity (Wildman–Crippen MR) is 141 cm³/mol. The number of aliphatic hydroxyl groups excluding tert-OH is 1. The van der Waals surface area contributed by atoms with E-state index in [-0.39, 0.29) is 18.7 Å². The fourth-order valence-electron chi connectivity index (χ4n) is 7.39. The van der Waals surface area contributed by atoms with Crippen molar-refractivity contribution in [1.29, 1.82) is 0 Å². The Hall–Kier alpha value is -0.720.